The number of hydrogen-bond donors (Lipinski definition) is 2. The highest BCUT2D eigenvalue weighted by Crippen LogP contribution is 2.21. The lowest BCUT2D eigenvalue weighted by molar-refractivity contribution is 0.149. The Morgan fingerprint density at radius 2 is 2.12 bits per heavy atom. The van der Waals surface area contributed by atoms with Gasteiger partial charge in [0.25, 0.3) is 0 Å². The molecule has 0 bridgehead atoms. The second kappa shape index (κ2) is 6.51. The first-order chi connectivity index (χ1) is 7.67. The van der Waals surface area contributed by atoms with Crippen LogP contribution in [0.5, 0.6) is 5.75 Å². The molecule has 0 aromatic heterocycles. The summed E-state index contributed by atoms with van der Waals surface area (Å²) in [6.07, 6.45) is 1.41. The molecule has 0 spiro atoms. The second-order valence-corrected chi connectivity index (χ2v) is 4.04. The van der Waals surface area contributed by atoms with Crippen LogP contribution in [-0.2, 0) is 6.42 Å². The van der Waals surface area contributed by atoms with Crippen LogP contribution in [0.3, 0.4) is 0 Å². The third-order valence-electron chi connectivity index (χ3n) is 2.59. The van der Waals surface area contributed by atoms with Gasteiger partial charge in [0.05, 0.1) is 13.2 Å². The Morgan fingerprint density at radius 3 is 2.75 bits per heavy atom. The van der Waals surface area contributed by atoms with Crippen LogP contribution < -0.4 is 4.74 Å². The van der Waals surface area contributed by atoms with E-state index < -0.39 is 6.10 Å². The topological polar surface area (TPSA) is 49.7 Å². The van der Waals surface area contributed by atoms with E-state index in [0.717, 1.165) is 16.9 Å². The molecule has 3 nitrogen and oxygen atoms in total. The van der Waals surface area contributed by atoms with E-state index in [1.54, 1.807) is 7.11 Å². The predicted molar refractivity (Wildman–Crippen MR) is 63.8 cm³/mol. The normalized spacial score (nSPS) is 12.5. The molecular formula is C13H20O3. The van der Waals surface area contributed by atoms with Gasteiger partial charge >= 0.3 is 0 Å². The van der Waals surface area contributed by atoms with E-state index in [1.807, 2.05) is 25.1 Å². The van der Waals surface area contributed by atoms with Crippen molar-refractivity contribution >= 4 is 0 Å². The number of aliphatic hydroxyl groups is 2. The van der Waals surface area contributed by atoms with Crippen molar-refractivity contribution in [2.24, 2.45) is 0 Å². The molecular weight excluding hydrogens is 204 g/mol. The lowest BCUT2D eigenvalue weighted by Gasteiger charge is -2.13. The Morgan fingerprint density at radius 1 is 1.38 bits per heavy atom. The molecule has 0 aliphatic carbocycles. The molecule has 2 N–H and O–H groups in total. The van der Waals surface area contributed by atoms with E-state index >= 15 is 0 Å². The average Bonchev–Trinajstić information content (AvgIpc) is 2.27. The van der Waals surface area contributed by atoms with Crippen molar-refractivity contribution in [1.29, 1.82) is 0 Å². The third kappa shape index (κ3) is 3.83. The van der Waals surface area contributed by atoms with Crippen molar-refractivity contribution in [1.82, 2.24) is 0 Å². The highest BCUT2D eigenvalue weighted by atomic mass is 16.5. The van der Waals surface area contributed by atoms with Crippen molar-refractivity contribution in [2.75, 3.05) is 13.7 Å². The van der Waals surface area contributed by atoms with Gasteiger partial charge in [0, 0.05) is 13.0 Å². The molecule has 1 rings (SSSR count). The van der Waals surface area contributed by atoms with Gasteiger partial charge in [-0.25, -0.2) is 0 Å². The fourth-order valence-electron chi connectivity index (χ4n) is 1.75. The Balaban J connectivity index is 2.67. The predicted octanol–water partition coefficient (Wildman–Crippen LogP) is 1.68. The Hall–Kier alpha value is -1.06. The highest BCUT2D eigenvalue weighted by molar-refractivity contribution is 5.37. The van der Waals surface area contributed by atoms with E-state index in [-0.39, 0.29) is 6.61 Å². The van der Waals surface area contributed by atoms with Crippen LogP contribution in [0, 0.1) is 6.92 Å². The molecule has 1 aromatic rings. The fraction of sp³-hybridized carbons (Fsp3) is 0.538. The summed E-state index contributed by atoms with van der Waals surface area (Å²) in [7, 11) is 1.63. The molecule has 0 aliphatic heterocycles. The summed E-state index contributed by atoms with van der Waals surface area (Å²) in [5, 5.41) is 18.5. The molecule has 0 radical (unpaired) electrons. The zero-order valence-corrected chi connectivity index (χ0v) is 9.94. The van der Waals surface area contributed by atoms with Crippen molar-refractivity contribution in [3.8, 4) is 5.75 Å². The first-order valence-electron chi connectivity index (χ1n) is 5.59. The van der Waals surface area contributed by atoms with E-state index in [1.165, 1.54) is 0 Å². The van der Waals surface area contributed by atoms with E-state index in [2.05, 4.69) is 0 Å². The summed E-state index contributed by atoms with van der Waals surface area (Å²) < 4.78 is 5.25. The van der Waals surface area contributed by atoms with Crippen LogP contribution in [0.25, 0.3) is 0 Å². The van der Waals surface area contributed by atoms with Crippen molar-refractivity contribution in [2.45, 2.75) is 32.3 Å². The Bertz CT molecular complexity index is 323. The second-order valence-electron chi connectivity index (χ2n) is 4.04. The Kier molecular flexibility index (Phi) is 5.29. The molecule has 0 amide bonds. The Labute approximate surface area is 96.7 Å². The summed E-state index contributed by atoms with van der Waals surface area (Å²) in [5.41, 5.74) is 2.18. The van der Waals surface area contributed by atoms with Crippen molar-refractivity contribution in [3.63, 3.8) is 0 Å². The average molecular weight is 224 g/mol. The molecule has 0 fully saturated rings. The molecule has 16 heavy (non-hydrogen) atoms. The minimum atomic E-state index is -0.414. The first-order valence-corrected chi connectivity index (χ1v) is 5.59. The summed E-state index contributed by atoms with van der Waals surface area (Å²) in [5.74, 6) is 0.814. The number of rotatable bonds is 6. The van der Waals surface area contributed by atoms with Gasteiger partial charge in [-0.3, -0.25) is 0 Å². The molecule has 0 heterocycles. The van der Waals surface area contributed by atoms with Crippen LogP contribution in [-0.4, -0.2) is 30.0 Å². The number of hydrogen-bond acceptors (Lipinski definition) is 3. The maximum Gasteiger partial charge on any atom is 0.122 e. The molecule has 1 atom stereocenters. The smallest absolute Gasteiger partial charge is 0.122 e. The largest absolute Gasteiger partial charge is 0.496 e. The van der Waals surface area contributed by atoms with Crippen molar-refractivity contribution in [3.05, 3.63) is 29.3 Å². The molecule has 1 unspecified atom stereocenters. The van der Waals surface area contributed by atoms with Crippen molar-refractivity contribution < 1.29 is 14.9 Å². The van der Waals surface area contributed by atoms with E-state index in [4.69, 9.17) is 9.84 Å². The highest BCUT2D eigenvalue weighted by Gasteiger charge is 2.09. The van der Waals surface area contributed by atoms with Crippen LogP contribution in [0.2, 0.25) is 0 Å². The number of methoxy groups -OCH3 is 1. The molecule has 1 aromatic carbocycles. The SMILES string of the molecule is COc1ccc(C)cc1CC(O)CCCO. The third-order valence-corrected chi connectivity index (χ3v) is 2.59. The number of aryl methyl sites for hydroxylation is 1. The van der Waals surface area contributed by atoms with Crippen LogP contribution in [0.4, 0.5) is 0 Å². The van der Waals surface area contributed by atoms with Crippen LogP contribution >= 0.6 is 0 Å². The summed E-state index contributed by atoms with van der Waals surface area (Å²) in [6.45, 7) is 2.14. The zero-order chi connectivity index (χ0) is 12.0. The van der Waals surface area contributed by atoms with Gasteiger partial charge in [-0.1, -0.05) is 17.7 Å². The number of aliphatic hydroxyl groups excluding tert-OH is 2. The molecule has 3 heteroatoms. The summed E-state index contributed by atoms with van der Waals surface area (Å²) >= 11 is 0. The number of ether oxygens (including phenoxy) is 1. The minimum Gasteiger partial charge on any atom is -0.496 e. The van der Waals surface area contributed by atoms with Gasteiger partial charge in [0.1, 0.15) is 5.75 Å². The van der Waals surface area contributed by atoms with E-state index in [0.29, 0.717) is 19.3 Å². The quantitative estimate of drug-likeness (QED) is 0.773. The van der Waals surface area contributed by atoms with Gasteiger partial charge in [-0.05, 0) is 31.4 Å². The summed E-state index contributed by atoms with van der Waals surface area (Å²) in [6, 6.07) is 5.94. The maximum atomic E-state index is 9.78. The van der Waals surface area contributed by atoms with Gasteiger partial charge in [-0.15, -0.1) is 0 Å². The minimum absolute atomic E-state index is 0.127. The summed E-state index contributed by atoms with van der Waals surface area (Å²) in [4.78, 5) is 0. The van der Waals surface area contributed by atoms with Crippen LogP contribution in [0.15, 0.2) is 18.2 Å². The van der Waals surface area contributed by atoms with Gasteiger partial charge < -0.3 is 14.9 Å². The lowest BCUT2D eigenvalue weighted by Crippen LogP contribution is -2.12. The van der Waals surface area contributed by atoms with Crippen LogP contribution in [0.1, 0.15) is 24.0 Å². The maximum absolute atomic E-state index is 9.78. The lowest BCUT2D eigenvalue weighted by atomic mass is 10.0. The molecule has 0 saturated heterocycles. The molecule has 0 aliphatic rings. The van der Waals surface area contributed by atoms with Gasteiger partial charge in [-0.2, -0.15) is 0 Å². The molecule has 0 saturated carbocycles. The molecule has 90 valence electrons. The zero-order valence-electron chi connectivity index (χ0n) is 9.94. The first kappa shape index (κ1) is 13.0. The standard InChI is InChI=1S/C13H20O3/c1-10-5-6-13(16-2)11(8-10)9-12(15)4-3-7-14/h5-6,8,12,14-15H,3-4,7,9H2,1-2H3. The monoisotopic (exact) mass is 224 g/mol. The fourth-order valence-corrected chi connectivity index (χ4v) is 1.75. The van der Waals surface area contributed by atoms with Gasteiger partial charge in [0.2, 0.25) is 0 Å². The van der Waals surface area contributed by atoms with E-state index in [9.17, 15) is 5.11 Å². The van der Waals surface area contributed by atoms with Gasteiger partial charge in [0.15, 0.2) is 0 Å². The number of benzene rings is 1.